The Kier molecular flexibility index (Phi) is 6.32. The maximum absolute atomic E-state index is 14.8. The molecule has 1 saturated heterocycles. The fraction of sp³-hybridized carbons (Fsp3) is 0.462. The molecule has 1 heterocycles. The van der Waals surface area contributed by atoms with Gasteiger partial charge in [-0.25, -0.2) is 12.8 Å². The summed E-state index contributed by atoms with van der Waals surface area (Å²) in [6, 6.07) is 6.19. The van der Waals surface area contributed by atoms with E-state index in [0.717, 1.165) is 31.2 Å². The molecule has 2 aromatic carbocycles. The van der Waals surface area contributed by atoms with Crippen molar-refractivity contribution in [3.8, 4) is 0 Å². The number of amides is 2. The third kappa shape index (κ3) is 4.97. The summed E-state index contributed by atoms with van der Waals surface area (Å²) in [5, 5.41) is 2.84. The second-order valence-electron chi connectivity index (χ2n) is 10.2. The molecule has 4 atom stereocenters. The summed E-state index contributed by atoms with van der Waals surface area (Å²) in [6.07, 6.45) is -0.226. The molecule has 11 heteroatoms. The van der Waals surface area contributed by atoms with E-state index in [2.05, 4.69) is 5.32 Å². The van der Waals surface area contributed by atoms with Crippen molar-refractivity contribution in [2.24, 2.45) is 11.8 Å². The fourth-order valence-electron chi connectivity index (χ4n) is 5.42. The Bertz CT molecular complexity index is 1360. The van der Waals surface area contributed by atoms with Crippen LogP contribution < -0.4 is 5.32 Å². The van der Waals surface area contributed by atoms with Crippen LogP contribution in [-0.2, 0) is 20.8 Å². The number of hydrogen-bond donors (Lipinski definition) is 1. The van der Waals surface area contributed by atoms with E-state index >= 15 is 0 Å². The summed E-state index contributed by atoms with van der Waals surface area (Å²) in [6.45, 7) is 0. The number of likely N-dealkylation sites (tertiary alicyclic amines) is 1. The van der Waals surface area contributed by atoms with Crippen LogP contribution >= 0.6 is 0 Å². The van der Waals surface area contributed by atoms with Gasteiger partial charge in [0.05, 0.1) is 16.5 Å². The molecular formula is C26H26F4N2O4S. The maximum Gasteiger partial charge on any atom is 0.416 e. The minimum Gasteiger partial charge on any atom is -0.347 e. The second kappa shape index (κ2) is 9.11. The van der Waals surface area contributed by atoms with Gasteiger partial charge < -0.3 is 10.2 Å². The van der Waals surface area contributed by atoms with Crippen molar-refractivity contribution in [3.63, 3.8) is 0 Å². The Balaban J connectivity index is 1.39. The molecule has 2 saturated carbocycles. The van der Waals surface area contributed by atoms with Gasteiger partial charge in [-0.1, -0.05) is 18.6 Å². The average molecular weight is 539 g/mol. The van der Waals surface area contributed by atoms with Crippen molar-refractivity contribution in [2.75, 3.05) is 6.26 Å². The monoisotopic (exact) mass is 538 g/mol. The molecule has 2 aromatic rings. The van der Waals surface area contributed by atoms with Gasteiger partial charge in [-0.05, 0) is 67.9 Å². The van der Waals surface area contributed by atoms with Crippen molar-refractivity contribution in [2.45, 2.75) is 61.3 Å². The van der Waals surface area contributed by atoms with Gasteiger partial charge in [0.1, 0.15) is 11.9 Å². The normalized spacial score (nSPS) is 24.2. The maximum atomic E-state index is 14.8. The number of alkyl halides is 3. The number of nitrogens with one attached hydrogen (secondary N) is 1. The fourth-order valence-corrected chi connectivity index (χ4v) is 6.09. The molecule has 0 unspecified atom stereocenters. The van der Waals surface area contributed by atoms with Gasteiger partial charge in [0.15, 0.2) is 9.84 Å². The largest absolute Gasteiger partial charge is 0.416 e. The summed E-state index contributed by atoms with van der Waals surface area (Å²) in [5.41, 5.74) is -0.957. The van der Waals surface area contributed by atoms with Gasteiger partial charge in [-0.15, -0.1) is 0 Å². The Labute approximate surface area is 212 Å². The first-order valence-corrected chi connectivity index (χ1v) is 14.0. The third-order valence-electron chi connectivity index (χ3n) is 7.73. The molecule has 3 aliphatic rings. The van der Waals surface area contributed by atoms with E-state index in [9.17, 15) is 35.6 Å². The number of carbonyl (C=O) groups is 2. The Morgan fingerprint density at radius 1 is 1.08 bits per heavy atom. The van der Waals surface area contributed by atoms with E-state index < -0.39 is 51.3 Å². The van der Waals surface area contributed by atoms with Crippen LogP contribution in [0.3, 0.4) is 0 Å². The molecule has 1 aliphatic heterocycles. The summed E-state index contributed by atoms with van der Waals surface area (Å²) in [4.78, 5) is 28.3. The highest BCUT2D eigenvalue weighted by Crippen LogP contribution is 2.49. The molecule has 37 heavy (non-hydrogen) atoms. The molecule has 2 amide bonds. The Morgan fingerprint density at radius 3 is 2.41 bits per heavy atom. The number of piperidine rings is 1. The van der Waals surface area contributed by atoms with Crippen molar-refractivity contribution >= 4 is 21.7 Å². The standard InChI is InChI=1S/C26H26F4N2O4S/c1-37(35,36)18-7-3-6-15(10-18)25(34)32-21-11-16(21)12-22(32)24(33)31-23(14-4-2-5-14)19-9-8-17(13-20(19)27)26(28,29)30/h3,6-10,13-14,16,21-23H,2,4-5,11-12H2,1H3,(H,31,33)/t16-,21-,22-,23-/m1/s1. The number of halogens is 4. The lowest BCUT2D eigenvalue weighted by Gasteiger charge is -2.36. The molecule has 3 fully saturated rings. The molecule has 198 valence electrons. The van der Waals surface area contributed by atoms with Gasteiger partial charge in [0.2, 0.25) is 5.91 Å². The summed E-state index contributed by atoms with van der Waals surface area (Å²) in [7, 11) is -3.54. The molecule has 2 aliphatic carbocycles. The van der Waals surface area contributed by atoms with Gasteiger partial charge in [-0.3, -0.25) is 9.59 Å². The van der Waals surface area contributed by atoms with Gasteiger partial charge in [0.25, 0.3) is 5.91 Å². The zero-order valence-electron chi connectivity index (χ0n) is 20.0. The van der Waals surface area contributed by atoms with E-state index in [4.69, 9.17) is 0 Å². The van der Waals surface area contributed by atoms with E-state index in [1.165, 1.54) is 29.2 Å². The van der Waals surface area contributed by atoms with E-state index in [1.807, 2.05) is 0 Å². The first-order chi connectivity index (χ1) is 17.3. The highest BCUT2D eigenvalue weighted by Gasteiger charge is 2.56. The number of nitrogens with zero attached hydrogens (tertiary/aromatic N) is 1. The number of rotatable bonds is 6. The number of hydrogen-bond acceptors (Lipinski definition) is 4. The van der Waals surface area contributed by atoms with Crippen LogP contribution in [0.4, 0.5) is 17.6 Å². The second-order valence-corrected chi connectivity index (χ2v) is 12.3. The first kappa shape index (κ1) is 25.7. The van der Waals surface area contributed by atoms with Crippen LogP contribution in [0.1, 0.15) is 59.6 Å². The van der Waals surface area contributed by atoms with Crippen LogP contribution in [-0.4, -0.2) is 43.5 Å². The Hall–Kier alpha value is -2.95. The minimum absolute atomic E-state index is 0.00581. The predicted octanol–water partition coefficient (Wildman–Crippen LogP) is 4.51. The molecule has 0 aromatic heterocycles. The average Bonchev–Trinajstić information content (AvgIpc) is 3.45. The van der Waals surface area contributed by atoms with Crippen LogP contribution in [0.25, 0.3) is 0 Å². The lowest BCUT2D eigenvalue weighted by Crippen LogP contribution is -2.50. The van der Waals surface area contributed by atoms with E-state index in [-0.39, 0.29) is 33.9 Å². The number of sulfone groups is 1. The third-order valence-corrected chi connectivity index (χ3v) is 8.84. The molecule has 0 spiro atoms. The number of benzene rings is 2. The predicted molar refractivity (Wildman–Crippen MR) is 126 cm³/mol. The Morgan fingerprint density at radius 2 is 1.81 bits per heavy atom. The topological polar surface area (TPSA) is 83.6 Å². The molecule has 6 nitrogen and oxygen atoms in total. The zero-order chi connectivity index (χ0) is 26.7. The molecule has 0 bridgehead atoms. The van der Waals surface area contributed by atoms with Gasteiger partial charge >= 0.3 is 6.18 Å². The van der Waals surface area contributed by atoms with Crippen molar-refractivity contribution in [1.82, 2.24) is 10.2 Å². The summed E-state index contributed by atoms with van der Waals surface area (Å²) in [5.74, 6) is -1.97. The van der Waals surface area contributed by atoms with Crippen LogP contribution in [0, 0.1) is 17.7 Å². The highest BCUT2D eigenvalue weighted by molar-refractivity contribution is 7.90. The SMILES string of the molecule is CS(=O)(=O)c1cccc(C(=O)N2[C@@H](C(=O)N[C@@H](c3ccc(C(F)(F)F)cc3F)C3CCC3)C[C@H]3C[C@H]32)c1. The molecule has 5 rings (SSSR count). The lowest BCUT2D eigenvalue weighted by molar-refractivity contribution is -0.137. The lowest BCUT2D eigenvalue weighted by atomic mass is 9.76. The summed E-state index contributed by atoms with van der Waals surface area (Å²) < 4.78 is 77.8. The van der Waals surface area contributed by atoms with E-state index in [0.29, 0.717) is 25.3 Å². The first-order valence-electron chi connectivity index (χ1n) is 12.1. The highest BCUT2D eigenvalue weighted by atomic mass is 32.2. The molecular weight excluding hydrogens is 512 g/mol. The smallest absolute Gasteiger partial charge is 0.347 e. The summed E-state index contributed by atoms with van der Waals surface area (Å²) >= 11 is 0. The van der Waals surface area contributed by atoms with Crippen molar-refractivity contribution in [3.05, 3.63) is 65.0 Å². The van der Waals surface area contributed by atoms with Crippen LogP contribution in [0.15, 0.2) is 47.4 Å². The van der Waals surface area contributed by atoms with Gasteiger partial charge in [-0.2, -0.15) is 13.2 Å². The van der Waals surface area contributed by atoms with Gasteiger partial charge in [0, 0.05) is 23.4 Å². The van der Waals surface area contributed by atoms with Crippen molar-refractivity contribution in [1.29, 1.82) is 0 Å². The quantitative estimate of drug-likeness (QED) is 0.549. The minimum atomic E-state index is -4.69. The molecule has 0 radical (unpaired) electrons. The van der Waals surface area contributed by atoms with E-state index in [1.54, 1.807) is 0 Å². The van der Waals surface area contributed by atoms with Crippen molar-refractivity contribution < 1.29 is 35.6 Å². The number of carbonyl (C=O) groups excluding carboxylic acids is 2. The number of fused-ring (bicyclic) bond motifs is 1. The van der Waals surface area contributed by atoms with Crippen LogP contribution in [0.2, 0.25) is 0 Å². The zero-order valence-corrected chi connectivity index (χ0v) is 20.8. The molecule has 1 N–H and O–H groups in total. The van der Waals surface area contributed by atoms with Crippen LogP contribution in [0.5, 0.6) is 0 Å².